The third kappa shape index (κ3) is 5.54. The van der Waals surface area contributed by atoms with Crippen molar-refractivity contribution in [2.75, 3.05) is 19.8 Å². The summed E-state index contributed by atoms with van der Waals surface area (Å²) in [4.78, 5) is 29.2. The Hall–Kier alpha value is -2.94. The van der Waals surface area contributed by atoms with Gasteiger partial charge in [0.1, 0.15) is 66.0 Å². The summed E-state index contributed by atoms with van der Waals surface area (Å²) >= 11 is 0. The Bertz CT molecular complexity index is 1530. The number of benzene rings is 1. The lowest BCUT2D eigenvalue weighted by atomic mass is 9.78. The number of fused-ring (bicyclic) bond motifs is 3. The molecule has 6 rings (SSSR count). The number of aliphatic hydroxyl groups is 5. The molecule has 1 aromatic carbocycles. The molecule has 12 heteroatoms. The van der Waals surface area contributed by atoms with Crippen LogP contribution in [0.4, 0.5) is 0 Å². The van der Waals surface area contributed by atoms with Crippen molar-refractivity contribution in [3.8, 4) is 5.75 Å². The van der Waals surface area contributed by atoms with Crippen molar-refractivity contribution in [3.05, 3.63) is 64.3 Å². The molecule has 1 aliphatic carbocycles. The quantitative estimate of drug-likeness (QED) is 0.148. The van der Waals surface area contributed by atoms with Gasteiger partial charge in [-0.15, -0.1) is 0 Å². The number of hydrogen-bond acceptors (Lipinski definition) is 11. The zero-order chi connectivity index (χ0) is 31.2. The fourth-order valence-corrected chi connectivity index (χ4v) is 7.11. The van der Waals surface area contributed by atoms with E-state index in [4.69, 9.17) is 18.9 Å². The number of rotatable bonds is 11. The summed E-state index contributed by atoms with van der Waals surface area (Å²) in [5.74, 6) is 1.28. The van der Waals surface area contributed by atoms with E-state index in [1.807, 2.05) is 13.0 Å². The smallest absolute Gasteiger partial charge is 0.192 e. The first kappa shape index (κ1) is 31.1. The predicted molar refractivity (Wildman–Crippen MR) is 158 cm³/mol. The van der Waals surface area contributed by atoms with E-state index in [1.54, 1.807) is 37.5 Å². The summed E-state index contributed by atoms with van der Waals surface area (Å²) < 4.78 is 12.4. The minimum absolute atomic E-state index is 0.156. The Morgan fingerprint density at radius 2 is 1.98 bits per heavy atom. The molecule has 0 spiro atoms. The molecule has 3 aliphatic heterocycles. The maximum Gasteiger partial charge on any atom is 0.192 e. The highest BCUT2D eigenvalue weighted by molar-refractivity contribution is 6.02. The van der Waals surface area contributed by atoms with Crippen LogP contribution in [0.15, 0.2) is 57.0 Å². The van der Waals surface area contributed by atoms with E-state index in [0.717, 1.165) is 37.0 Å². The van der Waals surface area contributed by atoms with E-state index in [1.165, 1.54) is 6.07 Å². The average Bonchev–Trinajstić information content (AvgIpc) is 3.77. The van der Waals surface area contributed by atoms with E-state index in [9.17, 15) is 30.3 Å². The fourth-order valence-electron chi connectivity index (χ4n) is 7.11. The van der Waals surface area contributed by atoms with Gasteiger partial charge in [-0.05, 0) is 44.4 Å². The largest absolute Gasteiger partial charge is 0.484 e. The molecule has 4 aliphatic rings. The molecule has 0 bridgehead atoms. The van der Waals surface area contributed by atoms with Gasteiger partial charge in [-0.3, -0.25) is 14.7 Å². The van der Waals surface area contributed by atoms with Gasteiger partial charge in [0.2, 0.25) is 0 Å². The van der Waals surface area contributed by atoms with Gasteiger partial charge in [-0.25, -0.2) is 9.78 Å². The second kappa shape index (κ2) is 12.1. The van der Waals surface area contributed by atoms with Crippen molar-refractivity contribution >= 4 is 16.7 Å². The van der Waals surface area contributed by atoms with Crippen LogP contribution in [0.25, 0.3) is 11.0 Å². The molecule has 1 fully saturated rings. The zero-order valence-electron chi connectivity index (χ0n) is 24.9. The molecule has 6 N–H and O–H groups in total. The molecule has 8 atom stereocenters. The van der Waals surface area contributed by atoms with Crippen molar-refractivity contribution in [3.63, 3.8) is 0 Å². The van der Waals surface area contributed by atoms with Gasteiger partial charge < -0.3 is 34.7 Å². The molecule has 2 unspecified atom stereocenters. The second-order valence-corrected chi connectivity index (χ2v) is 12.7. The SMILES string of the molecule is Cc1cc(=O)c2cc3c(cc2o1)O[C@](C)(C1CCCC1)[C@H](OOC[C@H](O)[C@](O)(C[NH+]1C=CC2=NC=CC21)[C@H](O)[C@H](O)CO)C3. The predicted octanol–water partition coefficient (Wildman–Crippen LogP) is -0.143. The number of nitrogens with one attached hydrogen (secondary N) is 1. The molecule has 238 valence electrons. The van der Waals surface area contributed by atoms with Gasteiger partial charge in [0, 0.05) is 36.7 Å². The van der Waals surface area contributed by atoms with Gasteiger partial charge in [0.05, 0.1) is 18.2 Å². The van der Waals surface area contributed by atoms with Crippen LogP contribution in [0.3, 0.4) is 0 Å². The normalized spacial score (nSPS) is 29.6. The summed E-state index contributed by atoms with van der Waals surface area (Å²) in [6.45, 7) is 2.12. The maximum absolute atomic E-state index is 12.7. The Labute approximate surface area is 254 Å². The standard InChI is InChI=1S/C32H40N2O10/c1-18-11-24(36)21-12-19-13-29(31(2,20-5-3-4-6-20)43-26(19)14-27(21)42-18)44-41-16-28(38)32(40,30(39)25(37)15-35)17-34-10-8-22-23(34)7-9-33-22/h7-12,14,20,23,25,28-30,35,37-40H,3-6,13,15-17H2,1-2H3/p+1/t23?,25-,28+,29-,30-,31-,32-/m1/s1. The van der Waals surface area contributed by atoms with Crippen LogP contribution in [-0.2, 0) is 16.2 Å². The first-order valence-electron chi connectivity index (χ1n) is 15.2. The Morgan fingerprint density at radius 1 is 1.20 bits per heavy atom. The number of aliphatic imine (C=N–C) groups is 1. The Kier molecular flexibility index (Phi) is 8.54. The number of quaternary nitrogens is 1. The van der Waals surface area contributed by atoms with Crippen molar-refractivity contribution < 1.29 is 49.4 Å². The summed E-state index contributed by atoms with van der Waals surface area (Å²) in [7, 11) is 0. The van der Waals surface area contributed by atoms with E-state index >= 15 is 0 Å². The van der Waals surface area contributed by atoms with Crippen LogP contribution in [-0.4, -0.2) is 92.7 Å². The average molecular weight is 614 g/mol. The minimum Gasteiger partial charge on any atom is -0.484 e. The highest BCUT2D eigenvalue weighted by Gasteiger charge is 2.52. The van der Waals surface area contributed by atoms with Crippen LogP contribution in [0, 0.1) is 12.8 Å². The first-order chi connectivity index (χ1) is 21.0. The van der Waals surface area contributed by atoms with Gasteiger partial charge in [-0.2, -0.15) is 0 Å². The molecular weight excluding hydrogens is 572 g/mol. The van der Waals surface area contributed by atoms with E-state index in [2.05, 4.69) is 4.99 Å². The lowest BCUT2D eigenvalue weighted by molar-refractivity contribution is -0.861. The number of hydrogen-bond donors (Lipinski definition) is 6. The van der Waals surface area contributed by atoms with Crippen LogP contribution < -0.4 is 15.1 Å². The number of nitrogens with zero attached hydrogens (tertiary/aromatic N) is 1. The van der Waals surface area contributed by atoms with E-state index < -0.39 is 48.8 Å². The highest BCUT2D eigenvalue weighted by Crippen LogP contribution is 2.45. The molecule has 0 amide bonds. The Balaban J connectivity index is 1.21. The van der Waals surface area contributed by atoms with Gasteiger partial charge >= 0.3 is 0 Å². The molecule has 0 saturated heterocycles. The second-order valence-electron chi connectivity index (χ2n) is 12.7. The van der Waals surface area contributed by atoms with Crippen LogP contribution in [0.5, 0.6) is 5.75 Å². The van der Waals surface area contributed by atoms with Crippen molar-refractivity contribution in [2.24, 2.45) is 10.9 Å². The lowest BCUT2D eigenvalue weighted by Crippen LogP contribution is -3.13. The molecule has 2 aromatic rings. The topological polar surface area (TPSA) is 176 Å². The van der Waals surface area contributed by atoms with Crippen molar-refractivity contribution in [2.45, 2.75) is 87.6 Å². The lowest BCUT2D eigenvalue weighted by Gasteiger charge is -2.45. The van der Waals surface area contributed by atoms with E-state index in [-0.39, 0.29) is 23.9 Å². The van der Waals surface area contributed by atoms with E-state index in [0.29, 0.717) is 33.8 Å². The van der Waals surface area contributed by atoms with Crippen LogP contribution in [0.1, 0.15) is 43.9 Å². The molecule has 44 heavy (non-hydrogen) atoms. The molecule has 1 saturated carbocycles. The number of aryl methyl sites for hydroxylation is 1. The molecule has 1 aromatic heterocycles. The summed E-state index contributed by atoms with van der Waals surface area (Å²) in [5, 5.41) is 53.9. The molecular formula is C32H41N2O10+. The van der Waals surface area contributed by atoms with Crippen LogP contribution >= 0.6 is 0 Å². The minimum atomic E-state index is -2.29. The molecule has 4 heterocycles. The summed E-state index contributed by atoms with van der Waals surface area (Å²) in [6.07, 6.45) is 5.45. The van der Waals surface area contributed by atoms with Gasteiger partial charge in [-0.1, -0.05) is 12.8 Å². The molecule has 12 nitrogen and oxygen atoms in total. The third-order valence-corrected chi connectivity index (χ3v) is 9.80. The first-order valence-corrected chi connectivity index (χ1v) is 15.2. The number of ether oxygens (including phenoxy) is 1. The summed E-state index contributed by atoms with van der Waals surface area (Å²) in [5.41, 5.74) is -1.26. The zero-order valence-corrected chi connectivity index (χ0v) is 24.9. The monoisotopic (exact) mass is 613 g/mol. The van der Waals surface area contributed by atoms with Gasteiger partial charge in [0.25, 0.3) is 0 Å². The van der Waals surface area contributed by atoms with Crippen molar-refractivity contribution in [1.29, 1.82) is 0 Å². The highest BCUT2D eigenvalue weighted by atomic mass is 17.2. The number of aliphatic hydroxyl groups excluding tert-OH is 4. The maximum atomic E-state index is 12.7. The van der Waals surface area contributed by atoms with Crippen LogP contribution in [0.2, 0.25) is 0 Å². The van der Waals surface area contributed by atoms with Gasteiger partial charge in [0.15, 0.2) is 17.1 Å². The molecule has 0 radical (unpaired) electrons. The fraction of sp³-hybridized carbons (Fsp3) is 0.562. The van der Waals surface area contributed by atoms with Crippen molar-refractivity contribution in [1.82, 2.24) is 0 Å². The Morgan fingerprint density at radius 3 is 2.73 bits per heavy atom. The summed E-state index contributed by atoms with van der Waals surface area (Å²) in [6, 6.07) is 4.74. The third-order valence-electron chi connectivity index (χ3n) is 9.80.